The molecule has 0 spiro atoms. The van der Waals surface area contributed by atoms with Crippen molar-refractivity contribution in [2.24, 2.45) is 0 Å². The van der Waals surface area contributed by atoms with E-state index in [1.54, 1.807) is 22.9 Å². The zero-order chi connectivity index (χ0) is 18.7. The number of aromatic nitrogens is 2. The third-order valence-corrected chi connectivity index (χ3v) is 6.52. The van der Waals surface area contributed by atoms with Crippen molar-refractivity contribution < 1.29 is 13.2 Å². The first-order valence-corrected chi connectivity index (χ1v) is 10.0. The first-order chi connectivity index (χ1) is 12.5. The van der Waals surface area contributed by atoms with Crippen molar-refractivity contribution in [3.05, 3.63) is 47.8 Å². The lowest BCUT2D eigenvalue weighted by Gasteiger charge is -2.31. The molecule has 0 bridgehead atoms. The van der Waals surface area contributed by atoms with Gasteiger partial charge in [0.05, 0.1) is 18.8 Å². The summed E-state index contributed by atoms with van der Waals surface area (Å²) >= 11 is 0. The molecule has 140 valence electrons. The van der Waals surface area contributed by atoms with Crippen molar-refractivity contribution in [3.8, 4) is 0 Å². The monoisotopic (exact) mass is 377 g/mol. The molecule has 1 aliphatic heterocycles. The Morgan fingerprint density at radius 3 is 2.54 bits per heavy atom. The Morgan fingerprint density at radius 1 is 1.19 bits per heavy atom. The number of amides is 1. The Kier molecular flexibility index (Phi) is 5.40. The molecule has 2 aromatic rings. The van der Waals surface area contributed by atoms with Crippen LogP contribution in [0, 0.1) is 0 Å². The van der Waals surface area contributed by atoms with Gasteiger partial charge >= 0.3 is 0 Å². The van der Waals surface area contributed by atoms with Gasteiger partial charge in [-0.1, -0.05) is 32.0 Å². The van der Waals surface area contributed by atoms with Crippen molar-refractivity contribution in [3.63, 3.8) is 0 Å². The summed E-state index contributed by atoms with van der Waals surface area (Å²) in [7, 11) is -3.50. The lowest BCUT2D eigenvalue weighted by molar-refractivity contribution is 0.102. The summed E-state index contributed by atoms with van der Waals surface area (Å²) in [4.78, 5) is 12.4. The van der Waals surface area contributed by atoms with Gasteiger partial charge in [-0.25, -0.2) is 0 Å². The van der Waals surface area contributed by atoms with Gasteiger partial charge in [-0.05, 0) is 18.2 Å². The first kappa shape index (κ1) is 18.6. The minimum atomic E-state index is -3.50. The van der Waals surface area contributed by atoms with E-state index in [9.17, 15) is 13.2 Å². The number of carbonyl (C=O) groups excluding carboxylic acids is 1. The van der Waals surface area contributed by atoms with Crippen LogP contribution in [0.2, 0.25) is 0 Å². The number of nitrogens with one attached hydrogen (secondary N) is 1. The molecule has 0 unspecified atom stereocenters. The van der Waals surface area contributed by atoms with E-state index in [0.29, 0.717) is 37.6 Å². The molecule has 0 saturated heterocycles. The number of para-hydroxylation sites is 1. The molecule has 0 radical (unpaired) electrons. The summed E-state index contributed by atoms with van der Waals surface area (Å²) in [6, 6.07) is 10.8. The Hall–Kier alpha value is -2.23. The van der Waals surface area contributed by atoms with Crippen molar-refractivity contribution in [2.45, 2.75) is 26.9 Å². The minimum Gasteiger partial charge on any atom is -0.321 e. The standard InChI is InChI=1S/C17H23N5O3S/c1-3-20(4-2)26(24,25)21-10-11-22-15(13-21)12-16(19-22)17(23)18-14-8-6-5-7-9-14/h5-9,12H,3-4,10-11,13H2,1-2H3,(H,18,23). The summed E-state index contributed by atoms with van der Waals surface area (Å²) in [5, 5.41) is 7.11. The summed E-state index contributed by atoms with van der Waals surface area (Å²) in [6.45, 7) is 5.48. The van der Waals surface area contributed by atoms with Crippen LogP contribution in [0.1, 0.15) is 30.0 Å². The summed E-state index contributed by atoms with van der Waals surface area (Å²) < 4.78 is 29.9. The number of hydrogen-bond acceptors (Lipinski definition) is 4. The van der Waals surface area contributed by atoms with Gasteiger partial charge in [0.15, 0.2) is 5.69 Å². The van der Waals surface area contributed by atoms with Crippen molar-refractivity contribution >= 4 is 21.8 Å². The molecule has 0 saturated carbocycles. The lowest BCUT2D eigenvalue weighted by atomic mass is 10.3. The highest BCUT2D eigenvalue weighted by atomic mass is 32.2. The molecule has 1 amide bonds. The molecular weight excluding hydrogens is 354 g/mol. The van der Waals surface area contributed by atoms with Crippen LogP contribution in [0.3, 0.4) is 0 Å². The van der Waals surface area contributed by atoms with Gasteiger partial charge in [-0.15, -0.1) is 0 Å². The highest BCUT2D eigenvalue weighted by molar-refractivity contribution is 7.86. The molecule has 2 heterocycles. The third-order valence-electron chi connectivity index (χ3n) is 4.39. The van der Waals surface area contributed by atoms with Gasteiger partial charge in [0.2, 0.25) is 0 Å². The summed E-state index contributed by atoms with van der Waals surface area (Å²) in [5.74, 6) is -0.309. The summed E-state index contributed by atoms with van der Waals surface area (Å²) in [5.41, 5.74) is 1.69. The maximum absolute atomic E-state index is 12.7. The third kappa shape index (κ3) is 3.64. The average molecular weight is 377 g/mol. The molecule has 26 heavy (non-hydrogen) atoms. The van der Waals surface area contributed by atoms with Crippen LogP contribution in [0.25, 0.3) is 0 Å². The second-order valence-electron chi connectivity index (χ2n) is 5.99. The second-order valence-corrected chi connectivity index (χ2v) is 7.92. The molecular formula is C17H23N5O3S. The van der Waals surface area contributed by atoms with Gasteiger partial charge in [-0.2, -0.15) is 22.1 Å². The van der Waals surface area contributed by atoms with E-state index in [-0.39, 0.29) is 18.1 Å². The van der Waals surface area contributed by atoms with Crippen LogP contribution in [0.5, 0.6) is 0 Å². The van der Waals surface area contributed by atoms with E-state index in [0.717, 1.165) is 0 Å². The molecule has 1 N–H and O–H groups in total. The maximum Gasteiger partial charge on any atom is 0.282 e. The predicted molar refractivity (Wildman–Crippen MR) is 98.9 cm³/mol. The Morgan fingerprint density at radius 2 is 1.88 bits per heavy atom. The Bertz CT molecular complexity index is 875. The van der Waals surface area contributed by atoms with Crippen molar-refractivity contribution in [1.82, 2.24) is 18.4 Å². The Labute approximate surface area is 153 Å². The highest BCUT2D eigenvalue weighted by Crippen LogP contribution is 2.19. The number of rotatable bonds is 6. The van der Waals surface area contributed by atoms with E-state index in [1.807, 2.05) is 32.0 Å². The van der Waals surface area contributed by atoms with Crippen molar-refractivity contribution in [2.75, 3.05) is 25.0 Å². The van der Waals surface area contributed by atoms with Crippen LogP contribution in [-0.2, 0) is 23.3 Å². The SMILES string of the molecule is CCN(CC)S(=O)(=O)N1CCn2nc(C(=O)Nc3ccccc3)cc2C1. The van der Waals surface area contributed by atoms with E-state index in [1.165, 1.54) is 8.61 Å². The van der Waals surface area contributed by atoms with Crippen LogP contribution >= 0.6 is 0 Å². The summed E-state index contributed by atoms with van der Waals surface area (Å²) in [6.07, 6.45) is 0. The fourth-order valence-corrected chi connectivity index (χ4v) is 4.57. The largest absolute Gasteiger partial charge is 0.321 e. The number of benzene rings is 1. The fraction of sp³-hybridized carbons (Fsp3) is 0.412. The fourth-order valence-electron chi connectivity index (χ4n) is 2.98. The molecule has 1 aromatic carbocycles. The average Bonchev–Trinajstić information content (AvgIpc) is 3.07. The molecule has 0 aliphatic carbocycles. The van der Waals surface area contributed by atoms with E-state index >= 15 is 0 Å². The normalized spacial score (nSPS) is 15.0. The topological polar surface area (TPSA) is 87.5 Å². The van der Waals surface area contributed by atoms with Gasteiger partial charge in [0.25, 0.3) is 16.1 Å². The predicted octanol–water partition coefficient (Wildman–Crippen LogP) is 1.54. The smallest absolute Gasteiger partial charge is 0.282 e. The molecule has 0 fully saturated rings. The van der Waals surface area contributed by atoms with Crippen molar-refractivity contribution in [1.29, 1.82) is 0 Å². The van der Waals surface area contributed by atoms with Gasteiger partial charge in [0.1, 0.15) is 0 Å². The molecule has 1 aliphatic rings. The molecule has 8 nitrogen and oxygen atoms in total. The van der Waals surface area contributed by atoms with E-state index in [4.69, 9.17) is 0 Å². The zero-order valence-corrected chi connectivity index (χ0v) is 15.7. The van der Waals surface area contributed by atoms with Gasteiger partial charge in [-0.3, -0.25) is 9.48 Å². The zero-order valence-electron chi connectivity index (χ0n) is 14.9. The number of nitrogens with zero attached hydrogens (tertiary/aromatic N) is 4. The number of carbonyl (C=O) groups is 1. The van der Waals surface area contributed by atoms with Gasteiger partial charge < -0.3 is 5.32 Å². The maximum atomic E-state index is 12.7. The minimum absolute atomic E-state index is 0.213. The highest BCUT2D eigenvalue weighted by Gasteiger charge is 2.32. The number of hydrogen-bond donors (Lipinski definition) is 1. The Balaban J connectivity index is 1.76. The second kappa shape index (κ2) is 7.56. The van der Waals surface area contributed by atoms with Crippen LogP contribution < -0.4 is 5.32 Å². The first-order valence-electron chi connectivity index (χ1n) is 8.64. The van der Waals surface area contributed by atoms with Crippen LogP contribution in [-0.4, -0.2) is 52.4 Å². The van der Waals surface area contributed by atoms with E-state index in [2.05, 4.69) is 10.4 Å². The quantitative estimate of drug-likeness (QED) is 0.827. The molecule has 3 rings (SSSR count). The van der Waals surface area contributed by atoms with E-state index < -0.39 is 10.2 Å². The van der Waals surface area contributed by atoms with Crippen LogP contribution in [0.15, 0.2) is 36.4 Å². The van der Waals surface area contributed by atoms with Gasteiger partial charge in [0, 0.05) is 25.3 Å². The lowest BCUT2D eigenvalue weighted by Crippen LogP contribution is -2.46. The molecule has 9 heteroatoms. The number of fused-ring (bicyclic) bond motifs is 1. The number of anilines is 1. The molecule has 1 aromatic heterocycles. The molecule has 0 atom stereocenters. The van der Waals surface area contributed by atoms with Crippen LogP contribution in [0.4, 0.5) is 5.69 Å².